The van der Waals surface area contributed by atoms with Crippen molar-refractivity contribution >= 4 is 33.2 Å². The Bertz CT molecular complexity index is 409. The lowest BCUT2D eigenvalue weighted by molar-refractivity contribution is -0.146. The third kappa shape index (κ3) is 3.07. The van der Waals surface area contributed by atoms with Crippen LogP contribution < -0.4 is 0 Å². The van der Waals surface area contributed by atoms with E-state index in [4.69, 9.17) is 4.74 Å². The van der Waals surface area contributed by atoms with Gasteiger partial charge in [-0.3, -0.25) is 9.69 Å². The largest absolute Gasteiger partial charge is 0.468 e. The zero-order valence-corrected chi connectivity index (χ0v) is 11.8. The molecule has 1 fully saturated rings. The number of hydrogen-bond acceptors (Lipinski definition) is 5. The quantitative estimate of drug-likeness (QED) is 0.860. The molecule has 17 heavy (non-hydrogen) atoms. The van der Waals surface area contributed by atoms with Crippen LogP contribution in [0.15, 0.2) is 15.9 Å². The Kier molecular flexibility index (Phi) is 4.19. The van der Waals surface area contributed by atoms with Gasteiger partial charge in [-0.2, -0.15) is 0 Å². The highest BCUT2D eigenvalue weighted by molar-refractivity contribution is 9.11. The van der Waals surface area contributed by atoms with E-state index in [0.29, 0.717) is 19.5 Å². The maximum absolute atomic E-state index is 11.6. The van der Waals surface area contributed by atoms with Crippen molar-refractivity contribution in [3.05, 3.63) is 20.8 Å². The van der Waals surface area contributed by atoms with Gasteiger partial charge in [0.1, 0.15) is 6.04 Å². The number of thiophene rings is 1. The molecule has 0 unspecified atom stereocenters. The van der Waals surface area contributed by atoms with Crippen molar-refractivity contribution in [2.45, 2.75) is 25.1 Å². The molecule has 2 atom stereocenters. The molecule has 0 spiro atoms. The SMILES string of the molecule is COC(=O)[C@@H]1C[C@H](O)CN1Cc1ccc(Br)s1. The molecule has 0 radical (unpaired) electrons. The number of halogens is 1. The number of methoxy groups -OCH3 is 1. The van der Waals surface area contributed by atoms with Gasteiger partial charge >= 0.3 is 5.97 Å². The van der Waals surface area contributed by atoms with Gasteiger partial charge in [-0.15, -0.1) is 11.3 Å². The zero-order chi connectivity index (χ0) is 12.4. The van der Waals surface area contributed by atoms with Crippen LogP contribution in [-0.2, 0) is 16.1 Å². The van der Waals surface area contributed by atoms with Crippen LogP contribution >= 0.6 is 27.3 Å². The Balaban J connectivity index is 2.05. The van der Waals surface area contributed by atoms with Gasteiger partial charge in [-0.1, -0.05) is 0 Å². The minimum absolute atomic E-state index is 0.267. The predicted molar refractivity (Wildman–Crippen MR) is 68.9 cm³/mol. The van der Waals surface area contributed by atoms with E-state index in [2.05, 4.69) is 15.9 Å². The second kappa shape index (κ2) is 5.48. The molecule has 0 bridgehead atoms. The number of aliphatic hydroxyl groups is 1. The minimum atomic E-state index is -0.442. The Labute approximate surface area is 112 Å². The van der Waals surface area contributed by atoms with Crippen LogP contribution in [0.5, 0.6) is 0 Å². The Morgan fingerprint density at radius 3 is 3.06 bits per heavy atom. The number of nitrogens with zero attached hydrogens (tertiary/aromatic N) is 1. The van der Waals surface area contributed by atoms with Crippen molar-refractivity contribution in [1.82, 2.24) is 4.90 Å². The van der Waals surface area contributed by atoms with Crippen molar-refractivity contribution < 1.29 is 14.6 Å². The van der Waals surface area contributed by atoms with Crippen LogP contribution in [-0.4, -0.2) is 41.8 Å². The first-order valence-electron chi connectivity index (χ1n) is 5.34. The number of esters is 1. The zero-order valence-electron chi connectivity index (χ0n) is 9.43. The molecule has 2 heterocycles. The van der Waals surface area contributed by atoms with Crippen LogP contribution in [0.3, 0.4) is 0 Å². The van der Waals surface area contributed by atoms with Crippen LogP contribution in [0.2, 0.25) is 0 Å². The van der Waals surface area contributed by atoms with E-state index in [-0.39, 0.29) is 12.0 Å². The number of hydrogen-bond donors (Lipinski definition) is 1. The Hall–Kier alpha value is -0.430. The topological polar surface area (TPSA) is 49.8 Å². The molecule has 1 aliphatic heterocycles. The molecular formula is C11H14BrNO3S. The fraction of sp³-hybridized carbons (Fsp3) is 0.545. The van der Waals surface area contributed by atoms with E-state index in [0.717, 1.165) is 3.79 Å². The molecule has 1 saturated heterocycles. The summed E-state index contributed by atoms with van der Waals surface area (Å²) in [4.78, 5) is 14.7. The molecule has 0 amide bonds. The number of rotatable bonds is 3. The van der Waals surface area contributed by atoms with Gasteiger partial charge in [-0.05, 0) is 28.1 Å². The second-order valence-corrected chi connectivity index (χ2v) is 6.61. The number of β-amino-alcohol motifs (C(OH)–C–C–N with tert-alkyl or cyclic N) is 1. The van der Waals surface area contributed by atoms with Gasteiger partial charge in [0.15, 0.2) is 0 Å². The van der Waals surface area contributed by atoms with E-state index >= 15 is 0 Å². The van der Waals surface area contributed by atoms with E-state index < -0.39 is 6.10 Å². The average molecular weight is 320 g/mol. The van der Waals surface area contributed by atoms with Crippen LogP contribution in [0, 0.1) is 0 Å². The summed E-state index contributed by atoms with van der Waals surface area (Å²) in [6.45, 7) is 1.20. The number of ether oxygens (including phenoxy) is 1. The van der Waals surface area contributed by atoms with Crippen molar-refractivity contribution in [2.75, 3.05) is 13.7 Å². The lowest BCUT2D eigenvalue weighted by Gasteiger charge is -2.20. The number of aliphatic hydroxyl groups excluding tert-OH is 1. The summed E-state index contributed by atoms with van der Waals surface area (Å²) < 4.78 is 5.83. The molecule has 1 aliphatic rings. The summed E-state index contributed by atoms with van der Waals surface area (Å²) >= 11 is 5.05. The molecule has 4 nitrogen and oxygen atoms in total. The standard InChI is InChI=1S/C11H14BrNO3S/c1-16-11(15)9-4-7(14)5-13(9)6-8-2-3-10(12)17-8/h2-3,7,9,14H,4-6H2,1H3/t7-,9-/m0/s1. The maximum Gasteiger partial charge on any atom is 0.323 e. The highest BCUT2D eigenvalue weighted by Gasteiger charge is 2.36. The molecule has 1 aromatic heterocycles. The molecule has 2 rings (SSSR count). The van der Waals surface area contributed by atoms with Crippen molar-refractivity contribution in [2.24, 2.45) is 0 Å². The first-order valence-corrected chi connectivity index (χ1v) is 6.95. The molecule has 0 aliphatic carbocycles. The van der Waals surface area contributed by atoms with E-state index in [1.165, 1.54) is 12.0 Å². The lowest BCUT2D eigenvalue weighted by Crippen LogP contribution is -2.36. The normalized spacial score (nSPS) is 25.1. The summed E-state index contributed by atoms with van der Waals surface area (Å²) in [6.07, 6.45) is 0.0154. The van der Waals surface area contributed by atoms with E-state index in [1.54, 1.807) is 11.3 Å². The van der Waals surface area contributed by atoms with E-state index in [9.17, 15) is 9.90 Å². The summed E-state index contributed by atoms with van der Waals surface area (Å²) in [5.41, 5.74) is 0. The minimum Gasteiger partial charge on any atom is -0.468 e. The Morgan fingerprint density at radius 1 is 1.71 bits per heavy atom. The fourth-order valence-corrected chi connectivity index (χ4v) is 3.58. The second-order valence-electron chi connectivity index (χ2n) is 4.06. The summed E-state index contributed by atoms with van der Waals surface area (Å²) in [7, 11) is 1.38. The predicted octanol–water partition coefficient (Wildman–Crippen LogP) is 1.62. The van der Waals surface area contributed by atoms with Gasteiger partial charge in [0.05, 0.1) is 17.0 Å². The van der Waals surface area contributed by atoms with Crippen LogP contribution in [0.4, 0.5) is 0 Å². The monoisotopic (exact) mass is 319 g/mol. The maximum atomic E-state index is 11.6. The molecule has 94 valence electrons. The summed E-state index contributed by atoms with van der Waals surface area (Å²) in [5, 5.41) is 9.64. The van der Waals surface area contributed by atoms with Gasteiger partial charge in [0.2, 0.25) is 0 Å². The third-order valence-electron chi connectivity index (χ3n) is 2.84. The van der Waals surface area contributed by atoms with Crippen molar-refractivity contribution in [3.8, 4) is 0 Å². The van der Waals surface area contributed by atoms with Crippen LogP contribution in [0.1, 0.15) is 11.3 Å². The third-order valence-corrected chi connectivity index (χ3v) is 4.45. The summed E-state index contributed by atoms with van der Waals surface area (Å²) in [5.74, 6) is -0.267. The van der Waals surface area contributed by atoms with Gasteiger partial charge < -0.3 is 9.84 Å². The Morgan fingerprint density at radius 2 is 2.47 bits per heavy atom. The number of carbonyl (C=O) groups is 1. The first-order chi connectivity index (χ1) is 8.10. The van der Waals surface area contributed by atoms with Crippen LogP contribution in [0.25, 0.3) is 0 Å². The van der Waals surface area contributed by atoms with Gasteiger partial charge in [-0.25, -0.2) is 0 Å². The van der Waals surface area contributed by atoms with Crippen molar-refractivity contribution in [1.29, 1.82) is 0 Å². The smallest absolute Gasteiger partial charge is 0.323 e. The van der Waals surface area contributed by atoms with Gasteiger partial charge in [0, 0.05) is 24.4 Å². The molecule has 6 heteroatoms. The van der Waals surface area contributed by atoms with E-state index in [1.807, 2.05) is 17.0 Å². The van der Waals surface area contributed by atoms with Crippen molar-refractivity contribution in [3.63, 3.8) is 0 Å². The fourth-order valence-electron chi connectivity index (χ4n) is 2.07. The molecule has 1 N–H and O–H groups in total. The first kappa shape index (κ1) is 13.0. The number of carbonyl (C=O) groups excluding carboxylic acids is 1. The number of likely N-dealkylation sites (tertiary alicyclic amines) is 1. The molecule has 0 aromatic carbocycles. The highest BCUT2D eigenvalue weighted by Crippen LogP contribution is 2.27. The summed E-state index contributed by atoms with van der Waals surface area (Å²) in [6, 6.07) is 3.68. The van der Waals surface area contributed by atoms with Gasteiger partial charge in [0.25, 0.3) is 0 Å². The average Bonchev–Trinajstić information content (AvgIpc) is 2.85. The molecule has 0 saturated carbocycles. The lowest BCUT2D eigenvalue weighted by atomic mass is 10.2. The highest BCUT2D eigenvalue weighted by atomic mass is 79.9. The molecular weight excluding hydrogens is 306 g/mol. The molecule has 1 aromatic rings.